The van der Waals surface area contributed by atoms with Crippen LogP contribution in [0.3, 0.4) is 0 Å². The number of unbranched alkanes of at least 4 members (excludes halogenated alkanes) is 1. The van der Waals surface area contributed by atoms with E-state index in [4.69, 9.17) is 0 Å². The second-order valence-electron chi connectivity index (χ2n) is 4.72. The molecule has 0 amide bonds. The minimum absolute atomic E-state index is 0.0457. The van der Waals surface area contributed by atoms with Gasteiger partial charge in [-0.15, -0.1) is 0 Å². The predicted octanol–water partition coefficient (Wildman–Crippen LogP) is 3.67. The number of benzene rings is 1. The molecule has 1 aromatic rings. The van der Waals surface area contributed by atoms with E-state index in [0.717, 1.165) is 19.3 Å². The summed E-state index contributed by atoms with van der Waals surface area (Å²) in [5.74, 6) is -0.153. The normalized spacial score (nSPS) is 12.4. The summed E-state index contributed by atoms with van der Waals surface area (Å²) in [5, 5.41) is 19.6. The summed E-state index contributed by atoms with van der Waals surface area (Å²) in [6, 6.07) is 2.99. The third kappa shape index (κ3) is 3.03. The Morgan fingerprint density at radius 3 is 2.50 bits per heavy atom. The molecule has 0 aliphatic carbocycles. The van der Waals surface area contributed by atoms with Gasteiger partial charge in [0, 0.05) is 11.5 Å². The summed E-state index contributed by atoms with van der Waals surface area (Å²) in [4.78, 5) is 12.2. The number of carbonyl (C=O) groups excluding carboxylic acids is 1. The average Bonchev–Trinajstić information content (AvgIpc) is 2.36. The van der Waals surface area contributed by atoms with Crippen molar-refractivity contribution in [2.45, 2.75) is 46.5 Å². The maximum absolute atomic E-state index is 12.2. The molecule has 0 unspecified atom stereocenters. The first-order valence-electron chi connectivity index (χ1n) is 6.60. The van der Waals surface area contributed by atoms with Crippen LogP contribution in [0.25, 0.3) is 0 Å². The van der Waals surface area contributed by atoms with Crippen LogP contribution in [-0.4, -0.2) is 16.0 Å². The molecule has 0 spiro atoms. The van der Waals surface area contributed by atoms with Crippen LogP contribution < -0.4 is 0 Å². The Balaban J connectivity index is 2.99. The molecule has 1 atom stereocenters. The van der Waals surface area contributed by atoms with Gasteiger partial charge < -0.3 is 10.2 Å². The maximum atomic E-state index is 12.2. The van der Waals surface area contributed by atoms with Crippen LogP contribution in [0.15, 0.2) is 12.1 Å². The van der Waals surface area contributed by atoms with Crippen molar-refractivity contribution in [1.82, 2.24) is 0 Å². The molecule has 2 N–H and O–H groups in total. The number of aromatic hydroxyl groups is 2. The highest BCUT2D eigenvalue weighted by Gasteiger charge is 2.20. The van der Waals surface area contributed by atoms with Crippen molar-refractivity contribution in [2.24, 2.45) is 5.92 Å². The average molecular weight is 250 g/mol. The molecule has 18 heavy (non-hydrogen) atoms. The number of carbonyl (C=O) groups is 1. The van der Waals surface area contributed by atoms with Gasteiger partial charge in [-0.1, -0.05) is 33.6 Å². The highest BCUT2D eigenvalue weighted by molar-refractivity contribution is 6.00. The first-order valence-corrected chi connectivity index (χ1v) is 6.60. The zero-order valence-electron chi connectivity index (χ0n) is 11.4. The van der Waals surface area contributed by atoms with Gasteiger partial charge >= 0.3 is 0 Å². The minimum Gasteiger partial charge on any atom is -0.508 e. The van der Waals surface area contributed by atoms with E-state index in [0.29, 0.717) is 17.5 Å². The molecule has 0 radical (unpaired) electrons. The fourth-order valence-electron chi connectivity index (χ4n) is 2.08. The van der Waals surface area contributed by atoms with Crippen LogP contribution in [0.4, 0.5) is 0 Å². The molecule has 0 fully saturated rings. The van der Waals surface area contributed by atoms with Crippen molar-refractivity contribution < 1.29 is 15.0 Å². The fraction of sp³-hybridized carbons (Fsp3) is 0.533. The first kappa shape index (κ1) is 14.6. The summed E-state index contributed by atoms with van der Waals surface area (Å²) < 4.78 is 0. The number of hydrogen-bond donors (Lipinski definition) is 2. The van der Waals surface area contributed by atoms with Crippen LogP contribution in [0.5, 0.6) is 11.5 Å². The Labute approximate surface area is 108 Å². The van der Waals surface area contributed by atoms with Crippen molar-refractivity contribution in [3.63, 3.8) is 0 Å². The van der Waals surface area contributed by atoms with E-state index in [9.17, 15) is 15.0 Å². The number of ketones is 1. The van der Waals surface area contributed by atoms with E-state index in [1.165, 1.54) is 12.1 Å². The molecule has 0 aliphatic rings. The highest BCUT2D eigenvalue weighted by atomic mass is 16.3. The Morgan fingerprint density at radius 2 is 1.94 bits per heavy atom. The van der Waals surface area contributed by atoms with Crippen LogP contribution in [0.2, 0.25) is 0 Å². The van der Waals surface area contributed by atoms with Crippen molar-refractivity contribution >= 4 is 5.78 Å². The largest absolute Gasteiger partial charge is 0.508 e. The SMILES string of the molecule is CCCC[C@H](C)C(=O)c1ccc(O)c(CC)c1O. The molecule has 1 aromatic carbocycles. The van der Waals surface area contributed by atoms with E-state index in [2.05, 4.69) is 6.92 Å². The summed E-state index contributed by atoms with van der Waals surface area (Å²) in [6.45, 7) is 5.81. The van der Waals surface area contributed by atoms with Crippen molar-refractivity contribution in [3.8, 4) is 11.5 Å². The number of phenolic OH excluding ortho intramolecular Hbond substituents is 2. The zero-order valence-corrected chi connectivity index (χ0v) is 11.4. The lowest BCUT2D eigenvalue weighted by Crippen LogP contribution is -2.12. The van der Waals surface area contributed by atoms with Crippen LogP contribution in [0, 0.1) is 5.92 Å². The molecular weight excluding hydrogens is 228 g/mol. The molecule has 0 aromatic heterocycles. The molecule has 100 valence electrons. The lowest BCUT2D eigenvalue weighted by atomic mass is 9.92. The number of hydrogen-bond acceptors (Lipinski definition) is 3. The predicted molar refractivity (Wildman–Crippen MR) is 72.2 cm³/mol. The second kappa shape index (κ2) is 6.43. The fourth-order valence-corrected chi connectivity index (χ4v) is 2.08. The molecule has 3 heteroatoms. The van der Waals surface area contributed by atoms with Gasteiger partial charge in [-0.05, 0) is 25.0 Å². The van der Waals surface area contributed by atoms with Crippen LogP contribution >= 0.6 is 0 Å². The van der Waals surface area contributed by atoms with Gasteiger partial charge in [-0.3, -0.25) is 4.79 Å². The van der Waals surface area contributed by atoms with E-state index in [1.807, 2.05) is 13.8 Å². The minimum atomic E-state index is -0.0925. The van der Waals surface area contributed by atoms with Crippen LogP contribution in [-0.2, 0) is 6.42 Å². The summed E-state index contributed by atoms with van der Waals surface area (Å²) in [7, 11) is 0. The smallest absolute Gasteiger partial charge is 0.169 e. The standard InChI is InChI=1S/C15H22O3/c1-4-6-7-10(3)14(17)12-8-9-13(16)11(5-2)15(12)18/h8-10,16,18H,4-7H2,1-3H3/t10-/m0/s1. The summed E-state index contributed by atoms with van der Waals surface area (Å²) in [5.41, 5.74) is 0.775. The third-order valence-electron chi connectivity index (χ3n) is 3.32. The first-order chi connectivity index (χ1) is 8.52. The molecule has 0 saturated heterocycles. The van der Waals surface area contributed by atoms with E-state index in [1.54, 1.807) is 0 Å². The molecule has 3 nitrogen and oxygen atoms in total. The molecule has 0 heterocycles. The van der Waals surface area contributed by atoms with Crippen molar-refractivity contribution in [1.29, 1.82) is 0 Å². The monoisotopic (exact) mass is 250 g/mol. The topological polar surface area (TPSA) is 57.5 Å². The zero-order chi connectivity index (χ0) is 13.7. The Morgan fingerprint density at radius 1 is 1.28 bits per heavy atom. The molecule has 0 bridgehead atoms. The molecule has 1 rings (SSSR count). The quantitative estimate of drug-likeness (QED) is 0.757. The second-order valence-corrected chi connectivity index (χ2v) is 4.72. The van der Waals surface area contributed by atoms with E-state index >= 15 is 0 Å². The Hall–Kier alpha value is -1.51. The van der Waals surface area contributed by atoms with Gasteiger partial charge in [0.05, 0.1) is 5.56 Å². The lowest BCUT2D eigenvalue weighted by Gasteiger charge is -2.13. The van der Waals surface area contributed by atoms with Gasteiger partial charge in [-0.2, -0.15) is 0 Å². The Kier molecular flexibility index (Phi) is 5.20. The van der Waals surface area contributed by atoms with E-state index in [-0.39, 0.29) is 23.2 Å². The number of rotatable bonds is 6. The molecule has 0 aliphatic heterocycles. The summed E-state index contributed by atoms with van der Waals surface area (Å²) in [6.07, 6.45) is 3.39. The summed E-state index contributed by atoms with van der Waals surface area (Å²) >= 11 is 0. The number of phenols is 2. The third-order valence-corrected chi connectivity index (χ3v) is 3.32. The van der Waals surface area contributed by atoms with Gasteiger partial charge in [0.15, 0.2) is 5.78 Å². The van der Waals surface area contributed by atoms with Gasteiger partial charge in [0.2, 0.25) is 0 Å². The molecular formula is C15H22O3. The van der Waals surface area contributed by atoms with Crippen molar-refractivity contribution in [3.05, 3.63) is 23.3 Å². The Bertz CT molecular complexity index is 424. The maximum Gasteiger partial charge on any atom is 0.169 e. The highest BCUT2D eigenvalue weighted by Crippen LogP contribution is 2.32. The lowest BCUT2D eigenvalue weighted by molar-refractivity contribution is 0.0919. The number of Topliss-reactive ketones (excluding diaryl/α,β-unsaturated/α-hetero) is 1. The van der Waals surface area contributed by atoms with Gasteiger partial charge in [0.1, 0.15) is 11.5 Å². The van der Waals surface area contributed by atoms with Gasteiger partial charge in [0.25, 0.3) is 0 Å². The van der Waals surface area contributed by atoms with Crippen LogP contribution in [0.1, 0.15) is 56.0 Å². The van der Waals surface area contributed by atoms with E-state index < -0.39 is 0 Å². The van der Waals surface area contributed by atoms with Gasteiger partial charge in [-0.25, -0.2) is 0 Å². The van der Waals surface area contributed by atoms with Crippen molar-refractivity contribution in [2.75, 3.05) is 0 Å². The molecule has 0 saturated carbocycles.